The lowest BCUT2D eigenvalue weighted by molar-refractivity contribution is -0.137. The lowest BCUT2D eigenvalue weighted by atomic mass is 9.96. The maximum absolute atomic E-state index is 12.8. The third-order valence-electron chi connectivity index (χ3n) is 3.56. The molecule has 1 aromatic carbocycles. The van der Waals surface area contributed by atoms with Crippen molar-refractivity contribution in [1.82, 2.24) is 10.2 Å². The maximum atomic E-state index is 12.8. The van der Waals surface area contributed by atoms with E-state index in [9.17, 15) is 13.2 Å². The molecule has 2 rings (SSSR count). The molecule has 1 aliphatic heterocycles. The van der Waals surface area contributed by atoms with Gasteiger partial charge < -0.3 is 10.1 Å². The zero-order valence-electron chi connectivity index (χ0n) is 11.6. The van der Waals surface area contributed by atoms with Crippen LogP contribution < -0.4 is 5.32 Å². The summed E-state index contributed by atoms with van der Waals surface area (Å²) >= 11 is 0. The van der Waals surface area contributed by atoms with Crippen LogP contribution in [0.2, 0.25) is 0 Å². The van der Waals surface area contributed by atoms with Crippen LogP contribution in [0.4, 0.5) is 13.2 Å². The molecule has 0 aliphatic carbocycles. The first-order valence-electron chi connectivity index (χ1n) is 6.57. The van der Waals surface area contributed by atoms with E-state index in [1.165, 1.54) is 12.1 Å². The third kappa shape index (κ3) is 3.31. The number of ether oxygens (including phenoxy) is 1. The molecule has 112 valence electrons. The van der Waals surface area contributed by atoms with Crippen molar-refractivity contribution in [2.24, 2.45) is 0 Å². The maximum Gasteiger partial charge on any atom is 0.416 e. The fourth-order valence-electron chi connectivity index (χ4n) is 2.60. The van der Waals surface area contributed by atoms with Gasteiger partial charge in [-0.25, -0.2) is 0 Å². The van der Waals surface area contributed by atoms with Crippen LogP contribution in [-0.4, -0.2) is 44.8 Å². The van der Waals surface area contributed by atoms with Gasteiger partial charge in [-0.1, -0.05) is 12.1 Å². The first-order chi connectivity index (χ1) is 9.43. The van der Waals surface area contributed by atoms with E-state index in [4.69, 9.17) is 4.74 Å². The third-order valence-corrected chi connectivity index (χ3v) is 3.56. The molecule has 20 heavy (non-hydrogen) atoms. The normalized spacial score (nSPS) is 24.9. The second kappa shape index (κ2) is 6.11. The van der Waals surface area contributed by atoms with Crippen LogP contribution in [0.3, 0.4) is 0 Å². The fraction of sp³-hybridized carbons (Fsp3) is 0.571. The standard InChI is InChI=1S/C14H19F3N2O/c1-18-9-12-13(19(2)6-7-20-12)10-4-3-5-11(8-10)14(15,16)17/h3-5,8,12-13,18H,6-7,9H2,1-2H3. The highest BCUT2D eigenvalue weighted by Crippen LogP contribution is 2.34. The summed E-state index contributed by atoms with van der Waals surface area (Å²) in [5.41, 5.74) is 0.0273. The number of nitrogens with one attached hydrogen (secondary N) is 1. The number of nitrogens with zero attached hydrogens (tertiary/aromatic N) is 1. The smallest absolute Gasteiger partial charge is 0.374 e. The molecule has 0 saturated carbocycles. The minimum absolute atomic E-state index is 0.151. The molecule has 1 aliphatic rings. The van der Waals surface area contributed by atoms with Gasteiger partial charge in [0, 0.05) is 13.1 Å². The largest absolute Gasteiger partial charge is 0.416 e. The molecule has 0 amide bonds. The second-order valence-corrected chi connectivity index (χ2v) is 5.02. The second-order valence-electron chi connectivity index (χ2n) is 5.02. The predicted octanol–water partition coefficient (Wildman–Crippen LogP) is 2.30. The van der Waals surface area contributed by atoms with Crippen LogP contribution in [0, 0.1) is 0 Å². The van der Waals surface area contributed by atoms with Gasteiger partial charge in [-0.05, 0) is 31.8 Å². The van der Waals surface area contributed by atoms with Crippen molar-refractivity contribution in [2.45, 2.75) is 18.3 Å². The molecular weight excluding hydrogens is 269 g/mol. The summed E-state index contributed by atoms with van der Waals surface area (Å²) in [4.78, 5) is 2.04. The van der Waals surface area contributed by atoms with Gasteiger partial charge in [0.15, 0.2) is 0 Å². The number of rotatable bonds is 3. The lowest BCUT2D eigenvalue weighted by Gasteiger charge is -2.39. The van der Waals surface area contributed by atoms with Crippen molar-refractivity contribution in [3.63, 3.8) is 0 Å². The molecule has 1 fully saturated rings. The van der Waals surface area contributed by atoms with Gasteiger partial charge in [0.1, 0.15) is 0 Å². The summed E-state index contributed by atoms with van der Waals surface area (Å²) in [6.07, 6.45) is -4.47. The van der Waals surface area contributed by atoms with E-state index in [1.54, 1.807) is 13.1 Å². The number of alkyl halides is 3. The Labute approximate surface area is 116 Å². The van der Waals surface area contributed by atoms with Gasteiger partial charge in [0.05, 0.1) is 24.3 Å². The van der Waals surface area contributed by atoms with Crippen LogP contribution in [0.1, 0.15) is 17.2 Å². The molecule has 1 heterocycles. The average Bonchev–Trinajstić information content (AvgIpc) is 2.38. The summed E-state index contributed by atoms with van der Waals surface area (Å²) in [6, 6.07) is 5.34. The van der Waals surface area contributed by atoms with Crippen LogP contribution in [0.25, 0.3) is 0 Å². The number of hydrogen-bond acceptors (Lipinski definition) is 3. The van der Waals surface area contributed by atoms with Crippen molar-refractivity contribution in [3.8, 4) is 0 Å². The minimum atomic E-state index is -4.32. The summed E-state index contributed by atoms with van der Waals surface area (Å²) in [6.45, 7) is 1.91. The number of morpholine rings is 1. The highest BCUT2D eigenvalue weighted by Gasteiger charge is 2.34. The summed E-state index contributed by atoms with van der Waals surface area (Å²) in [5.74, 6) is 0. The average molecular weight is 288 g/mol. The van der Waals surface area contributed by atoms with Crippen LogP contribution >= 0.6 is 0 Å². The van der Waals surface area contributed by atoms with Crippen LogP contribution in [0.15, 0.2) is 24.3 Å². The molecule has 1 aromatic rings. The molecule has 2 atom stereocenters. The van der Waals surface area contributed by atoms with Crippen LogP contribution in [0.5, 0.6) is 0 Å². The van der Waals surface area contributed by atoms with Crippen molar-refractivity contribution < 1.29 is 17.9 Å². The molecule has 0 bridgehead atoms. The van der Waals surface area contributed by atoms with E-state index < -0.39 is 11.7 Å². The van der Waals surface area contributed by atoms with Gasteiger partial charge in [-0.3, -0.25) is 4.90 Å². The monoisotopic (exact) mass is 288 g/mol. The molecule has 0 spiro atoms. The van der Waals surface area contributed by atoms with E-state index >= 15 is 0 Å². The van der Waals surface area contributed by atoms with E-state index in [0.717, 1.165) is 6.07 Å². The predicted molar refractivity (Wildman–Crippen MR) is 70.5 cm³/mol. The topological polar surface area (TPSA) is 24.5 Å². The highest BCUT2D eigenvalue weighted by molar-refractivity contribution is 5.29. The lowest BCUT2D eigenvalue weighted by Crippen LogP contribution is -2.47. The number of benzene rings is 1. The van der Waals surface area contributed by atoms with Crippen molar-refractivity contribution >= 4 is 0 Å². The van der Waals surface area contributed by atoms with Crippen molar-refractivity contribution in [3.05, 3.63) is 35.4 Å². The van der Waals surface area contributed by atoms with Gasteiger partial charge in [-0.15, -0.1) is 0 Å². The molecule has 1 N–H and O–H groups in total. The molecule has 2 unspecified atom stereocenters. The Kier molecular flexibility index (Phi) is 4.67. The van der Waals surface area contributed by atoms with E-state index in [0.29, 0.717) is 25.3 Å². The summed E-state index contributed by atoms with van der Waals surface area (Å²) in [5, 5.41) is 3.03. The van der Waals surface area contributed by atoms with Gasteiger partial charge in [0.25, 0.3) is 0 Å². The van der Waals surface area contributed by atoms with E-state index in [1.807, 2.05) is 11.9 Å². The van der Waals surface area contributed by atoms with Gasteiger partial charge in [0.2, 0.25) is 0 Å². The molecule has 1 saturated heterocycles. The quantitative estimate of drug-likeness (QED) is 0.923. The van der Waals surface area contributed by atoms with E-state index in [2.05, 4.69) is 5.32 Å². The number of halogens is 3. The van der Waals surface area contributed by atoms with Crippen LogP contribution in [-0.2, 0) is 10.9 Å². The number of likely N-dealkylation sites (N-methyl/N-ethyl adjacent to an activating group) is 2. The SMILES string of the molecule is CNCC1OCCN(C)C1c1cccc(C(F)(F)F)c1. The fourth-order valence-corrected chi connectivity index (χ4v) is 2.60. The van der Waals surface area contributed by atoms with Crippen molar-refractivity contribution in [1.29, 1.82) is 0 Å². The molecule has 6 heteroatoms. The first-order valence-corrected chi connectivity index (χ1v) is 6.57. The zero-order chi connectivity index (χ0) is 14.8. The molecular formula is C14H19F3N2O. The van der Waals surface area contributed by atoms with Gasteiger partial charge in [-0.2, -0.15) is 13.2 Å². The minimum Gasteiger partial charge on any atom is -0.374 e. The Morgan fingerprint density at radius 3 is 2.80 bits per heavy atom. The first kappa shape index (κ1) is 15.3. The summed E-state index contributed by atoms with van der Waals surface area (Å²) < 4.78 is 44.2. The Hall–Kier alpha value is -1.11. The Morgan fingerprint density at radius 1 is 1.40 bits per heavy atom. The summed E-state index contributed by atoms with van der Waals surface area (Å²) in [7, 11) is 3.72. The molecule has 0 aromatic heterocycles. The zero-order valence-corrected chi connectivity index (χ0v) is 11.6. The Balaban J connectivity index is 2.31. The highest BCUT2D eigenvalue weighted by atomic mass is 19.4. The van der Waals surface area contributed by atoms with Crippen molar-refractivity contribution in [2.75, 3.05) is 33.8 Å². The number of hydrogen-bond donors (Lipinski definition) is 1. The Bertz CT molecular complexity index is 448. The molecule has 3 nitrogen and oxygen atoms in total. The van der Waals surface area contributed by atoms with Gasteiger partial charge >= 0.3 is 6.18 Å². The van der Waals surface area contributed by atoms with E-state index in [-0.39, 0.29) is 12.1 Å². The Morgan fingerprint density at radius 2 is 2.15 bits per heavy atom. The molecule has 0 radical (unpaired) electrons.